The molecule has 1 radical (unpaired) electrons. The molecule has 0 bridgehead atoms. The molecule has 2 aromatic carbocycles. The summed E-state index contributed by atoms with van der Waals surface area (Å²) in [5.41, 5.74) is 3.40. The zero-order valence-corrected chi connectivity index (χ0v) is 11.3. The van der Waals surface area contributed by atoms with Crippen molar-refractivity contribution in [2.75, 3.05) is 0 Å². The SMILES string of the molecule is CCc1[c]ccc(-c2cc(Br)ccc2Cl)c1. The van der Waals surface area contributed by atoms with E-state index in [0.717, 1.165) is 27.0 Å². The van der Waals surface area contributed by atoms with Gasteiger partial charge in [0.25, 0.3) is 0 Å². The number of benzene rings is 2. The summed E-state index contributed by atoms with van der Waals surface area (Å²) >= 11 is 9.66. The van der Waals surface area contributed by atoms with Crippen molar-refractivity contribution in [2.45, 2.75) is 13.3 Å². The Labute approximate surface area is 109 Å². The summed E-state index contributed by atoms with van der Waals surface area (Å²) < 4.78 is 1.04. The second kappa shape index (κ2) is 5.03. The van der Waals surface area contributed by atoms with Crippen LogP contribution in [0.4, 0.5) is 0 Å². The Morgan fingerprint density at radius 3 is 2.81 bits per heavy atom. The molecule has 2 rings (SSSR count). The standard InChI is InChI=1S/C14H11BrCl/c1-2-10-4-3-5-11(8-10)13-9-12(15)6-7-14(13)16/h3,5-9H,2H2,1H3. The van der Waals surface area contributed by atoms with E-state index in [1.165, 1.54) is 5.56 Å². The lowest BCUT2D eigenvalue weighted by atomic mass is 10.0. The molecule has 0 saturated carbocycles. The summed E-state index contributed by atoms with van der Waals surface area (Å²) in [5, 5.41) is 0.774. The molecule has 0 aliphatic rings. The van der Waals surface area contributed by atoms with E-state index in [0.29, 0.717) is 0 Å². The van der Waals surface area contributed by atoms with Crippen LogP contribution in [0.5, 0.6) is 0 Å². The van der Waals surface area contributed by atoms with E-state index in [-0.39, 0.29) is 0 Å². The Kier molecular flexibility index (Phi) is 3.67. The number of halogens is 2. The molecule has 2 aromatic rings. The lowest BCUT2D eigenvalue weighted by Crippen LogP contribution is -1.84. The largest absolute Gasteiger partial charge is 0.0837 e. The van der Waals surface area contributed by atoms with Gasteiger partial charge in [0.2, 0.25) is 0 Å². The summed E-state index contributed by atoms with van der Waals surface area (Å²) in [4.78, 5) is 0. The van der Waals surface area contributed by atoms with Crippen LogP contribution in [0, 0.1) is 6.07 Å². The summed E-state index contributed by atoms with van der Waals surface area (Å²) in [5.74, 6) is 0. The monoisotopic (exact) mass is 293 g/mol. The van der Waals surface area contributed by atoms with Crippen LogP contribution in [-0.4, -0.2) is 0 Å². The van der Waals surface area contributed by atoms with Crippen molar-refractivity contribution in [1.29, 1.82) is 0 Å². The van der Waals surface area contributed by atoms with Crippen molar-refractivity contribution in [2.24, 2.45) is 0 Å². The van der Waals surface area contributed by atoms with Crippen LogP contribution in [0.15, 0.2) is 40.9 Å². The quantitative estimate of drug-likeness (QED) is 0.720. The molecule has 0 aliphatic heterocycles. The van der Waals surface area contributed by atoms with Crippen LogP contribution in [0.2, 0.25) is 5.02 Å². The first-order valence-corrected chi connectivity index (χ1v) is 6.34. The lowest BCUT2D eigenvalue weighted by molar-refractivity contribution is 1.14. The maximum absolute atomic E-state index is 6.20. The molecule has 16 heavy (non-hydrogen) atoms. The van der Waals surface area contributed by atoms with E-state index >= 15 is 0 Å². The maximum atomic E-state index is 6.20. The van der Waals surface area contributed by atoms with Crippen LogP contribution in [0.1, 0.15) is 12.5 Å². The van der Waals surface area contributed by atoms with Crippen LogP contribution < -0.4 is 0 Å². The maximum Gasteiger partial charge on any atom is 0.0485 e. The minimum atomic E-state index is 0.774. The molecule has 0 nitrogen and oxygen atoms in total. The summed E-state index contributed by atoms with van der Waals surface area (Å²) in [7, 11) is 0. The smallest absolute Gasteiger partial charge is 0.0485 e. The van der Waals surface area contributed by atoms with Gasteiger partial charge in [-0.15, -0.1) is 0 Å². The molecule has 0 N–H and O–H groups in total. The molecule has 2 heteroatoms. The van der Waals surface area contributed by atoms with Gasteiger partial charge in [-0.3, -0.25) is 0 Å². The highest BCUT2D eigenvalue weighted by molar-refractivity contribution is 9.10. The van der Waals surface area contributed by atoms with Gasteiger partial charge in [-0.1, -0.05) is 52.7 Å². The highest BCUT2D eigenvalue weighted by Gasteiger charge is 2.04. The van der Waals surface area contributed by atoms with Crippen molar-refractivity contribution in [3.8, 4) is 11.1 Å². The van der Waals surface area contributed by atoms with Crippen molar-refractivity contribution >= 4 is 27.5 Å². The Morgan fingerprint density at radius 1 is 1.25 bits per heavy atom. The zero-order valence-electron chi connectivity index (χ0n) is 8.93. The number of aryl methyl sites for hydroxylation is 1. The average Bonchev–Trinajstić information content (AvgIpc) is 2.32. The Bertz CT molecular complexity index is 506. The lowest BCUT2D eigenvalue weighted by Gasteiger charge is -2.06. The Morgan fingerprint density at radius 2 is 2.06 bits per heavy atom. The van der Waals surface area contributed by atoms with Gasteiger partial charge in [0, 0.05) is 15.1 Å². The van der Waals surface area contributed by atoms with E-state index < -0.39 is 0 Å². The molecule has 0 atom stereocenters. The average molecular weight is 295 g/mol. The van der Waals surface area contributed by atoms with E-state index in [1.807, 2.05) is 30.3 Å². The predicted molar refractivity (Wildman–Crippen MR) is 72.8 cm³/mol. The molecule has 0 aromatic heterocycles. The van der Waals surface area contributed by atoms with E-state index in [4.69, 9.17) is 11.6 Å². The van der Waals surface area contributed by atoms with Gasteiger partial charge in [0.15, 0.2) is 0 Å². The molecular formula is C14H11BrCl. The van der Waals surface area contributed by atoms with Gasteiger partial charge in [0.05, 0.1) is 0 Å². The van der Waals surface area contributed by atoms with Gasteiger partial charge >= 0.3 is 0 Å². The van der Waals surface area contributed by atoms with Crippen molar-refractivity contribution in [3.63, 3.8) is 0 Å². The highest BCUT2D eigenvalue weighted by Crippen LogP contribution is 2.31. The fraction of sp³-hybridized carbons (Fsp3) is 0.143. The van der Waals surface area contributed by atoms with Crippen molar-refractivity contribution < 1.29 is 0 Å². The van der Waals surface area contributed by atoms with Crippen LogP contribution in [-0.2, 0) is 6.42 Å². The Balaban J connectivity index is 2.53. The van der Waals surface area contributed by atoms with E-state index in [9.17, 15) is 0 Å². The predicted octanol–water partition coefficient (Wildman–Crippen LogP) is 5.13. The first kappa shape index (κ1) is 11.7. The number of rotatable bonds is 2. The Hall–Kier alpha value is -0.790. The molecule has 0 aliphatic carbocycles. The van der Waals surface area contributed by atoms with Gasteiger partial charge in [0.1, 0.15) is 0 Å². The first-order chi connectivity index (χ1) is 7.70. The van der Waals surface area contributed by atoms with E-state index in [2.05, 4.69) is 35.0 Å². The fourth-order valence-electron chi connectivity index (χ4n) is 1.61. The van der Waals surface area contributed by atoms with Gasteiger partial charge in [-0.2, -0.15) is 0 Å². The van der Waals surface area contributed by atoms with Crippen molar-refractivity contribution in [1.82, 2.24) is 0 Å². The molecule has 0 unspecified atom stereocenters. The minimum Gasteiger partial charge on any atom is -0.0837 e. The van der Waals surface area contributed by atoms with Crippen LogP contribution in [0.25, 0.3) is 11.1 Å². The molecule has 0 heterocycles. The summed E-state index contributed by atoms with van der Waals surface area (Å²) in [6.45, 7) is 2.12. The van der Waals surface area contributed by atoms with Gasteiger partial charge in [-0.05, 0) is 41.8 Å². The van der Waals surface area contributed by atoms with E-state index in [1.54, 1.807) is 0 Å². The number of hydrogen-bond donors (Lipinski definition) is 0. The first-order valence-electron chi connectivity index (χ1n) is 5.16. The van der Waals surface area contributed by atoms with Gasteiger partial charge in [-0.25, -0.2) is 0 Å². The fourth-order valence-corrected chi connectivity index (χ4v) is 2.19. The third kappa shape index (κ3) is 2.47. The van der Waals surface area contributed by atoms with Crippen LogP contribution >= 0.6 is 27.5 Å². The summed E-state index contributed by atoms with van der Waals surface area (Å²) in [6, 6.07) is 15.2. The minimum absolute atomic E-state index is 0.774. The normalized spacial score (nSPS) is 10.4. The van der Waals surface area contributed by atoms with Crippen molar-refractivity contribution in [3.05, 3.63) is 57.5 Å². The second-order valence-corrected chi connectivity index (χ2v) is 4.90. The number of hydrogen-bond acceptors (Lipinski definition) is 0. The zero-order chi connectivity index (χ0) is 11.5. The third-order valence-corrected chi connectivity index (χ3v) is 3.30. The van der Waals surface area contributed by atoms with Gasteiger partial charge < -0.3 is 0 Å². The topological polar surface area (TPSA) is 0 Å². The summed E-state index contributed by atoms with van der Waals surface area (Å²) in [6.07, 6.45) is 0.986. The highest BCUT2D eigenvalue weighted by atomic mass is 79.9. The third-order valence-electron chi connectivity index (χ3n) is 2.48. The molecule has 0 fully saturated rings. The molecule has 0 spiro atoms. The second-order valence-electron chi connectivity index (χ2n) is 3.58. The molecular weight excluding hydrogens is 284 g/mol. The molecule has 81 valence electrons. The molecule has 0 amide bonds. The molecule has 0 saturated heterocycles. The van der Waals surface area contributed by atoms with Crippen LogP contribution in [0.3, 0.4) is 0 Å².